The lowest BCUT2D eigenvalue weighted by atomic mass is 9.77. The Kier molecular flexibility index (Phi) is 3.30. The first kappa shape index (κ1) is 13.9. The molecule has 0 aliphatic carbocycles. The van der Waals surface area contributed by atoms with E-state index in [2.05, 4.69) is 25.8 Å². The molecule has 2 bridgehead atoms. The maximum absolute atomic E-state index is 11.3. The number of hydrogen-bond donors (Lipinski definition) is 1. The highest BCUT2D eigenvalue weighted by Crippen LogP contribution is 2.47. The number of rotatable bonds is 2. The Balaban J connectivity index is 2.01. The average Bonchev–Trinajstić information content (AvgIpc) is 2.61. The highest BCUT2D eigenvalue weighted by molar-refractivity contribution is 5.45. The second-order valence-corrected chi connectivity index (χ2v) is 6.63. The van der Waals surface area contributed by atoms with Crippen LogP contribution in [0.5, 0.6) is 5.75 Å². The van der Waals surface area contributed by atoms with E-state index in [0.29, 0.717) is 12.1 Å². The van der Waals surface area contributed by atoms with Crippen LogP contribution >= 0.6 is 0 Å². The fraction of sp³-hybridized carbons (Fsp3) is 0.647. The molecule has 3 rings (SSSR count). The molecule has 3 heteroatoms. The Morgan fingerprint density at radius 1 is 1.15 bits per heavy atom. The van der Waals surface area contributed by atoms with E-state index in [0.717, 1.165) is 35.3 Å². The predicted octanol–water partition coefficient (Wildman–Crippen LogP) is 2.76. The highest BCUT2D eigenvalue weighted by Gasteiger charge is 2.47. The summed E-state index contributed by atoms with van der Waals surface area (Å²) in [6.07, 6.45) is 4.15. The van der Waals surface area contributed by atoms with Crippen LogP contribution in [0.1, 0.15) is 42.4 Å². The van der Waals surface area contributed by atoms with E-state index in [9.17, 15) is 5.11 Å². The van der Waals surface area contributed by atoms with Crippen molar-refractivity contribution in [2.24, 2.45) is 0 Å². The third-order valence-corrected chi connectivity index (χ3v) is 5.34. The third-order valence-electron chi connectivity index (χ3n) is 5.34. The van der Waals surface area contributed by atoms with Gasteiger partial charge in [0.2, 0.25) is 0 Å². The van der Waals surface area contributed by atoms with Crippen molar-refractivity contribution in [3.05, 3.63) is 28.8 Å². The van der Waals surface area contributed by atoms with Crippen molar-refractivity contribution in [2.45, 2.75) is 57.2 Å². The molecule has 2 aliphatic rings. The molecule has 2 aliphatic heterocycles. The van der Waals surface area contributed by atoms with Gasteiger partial charge in [0.05, 0.1) is 12.7 Å². The lowest BCUT2D eigenvalue weighted by molar-refractivity contribution is -0.0501. The summed E-state index contributed by atoms with van der Waals surface area (Å²) in [7, 11) is 3.90. The third kappa shape index (κ3) is 2.04. The van der Waals surface area contributed by atoms with E-state index >= 15 is 0 Å². The zero-order chi connectivity index (χ0) is 14.5. The number of benzene rings is 1. The van der Waals surface area contributed by atoms with Crippen LogP contribution in [-0.4, -0.2) is 36.2 Å². The van der Waals surface area contributed by atoms with Gasteiger partial charge in [-0.2, -0.15) is 0 Å². The molecule has 0 aromatic heterocycles. The minimum atomic E-state index is -0.668. The van der Waals surface area contributed by atoms with Crippen molar-refractivity contribution in [3.63, 3.8) is 0 Å². The molecule has 20 heavy (non-hydrogen) atoms. The number of aliphatic hydroxyl groups is 1. The van der Waals surface area contributed by atoms with Gasteiger partial charge in [0.15, 0.2) is 0 Å². The Hall–Kier alpha value is -1.06. The normalized spacial score (nSPS) is 33.5. The van der Waals surface area contributed by atoms with Crippen molar-refractivity contribution in [1.29, 1.82) is 0 Å². The fourth-order valence-corrected chi connectivity index (χ4v) is 4.43. The smallest absolute Gasteiger partial charge is 0.119 e. The molecule has 1 aromatic carbocycles. The molecule has 2 saturated heterocycles. The van der Waals surface area contributed by atoms with Crippen LogP contribution < -0.4 is 4.74 Å². The Morgan fingerprint density at radius 3 is 2.10 bits per heavy atom. The molecule has 3 nitrogen and oxygen atoms in total. The largest absolute Gasteiger partial charge is 0.497 e. The van der Waals surface area contributed by atoms with E-state index in [4.69, 9.17) is 4.74 Å². The summed E-state index contributed by atoms with van der Waals surface area (Å²) in [6, 6.07) is 5.14. The van der Waals surface area contributed by atoms with Crippen LogP contribution in [-0.2, 0) is 5.60 Å². The van der Waals surface area contributed by atoms with Gasteiger partial charge in [-0.25, -0.2) is 0 Å². The molecule has 0 radical (unpaired) electrons. The number of hydrogen-bond acceptors (Lipinski definition) is 3. The summed E-state index contributed by atoms with van der Waals surface area (Å²) in [5.41, 5.74) is 2.75. The summed E-state index contributed by atoms with van der Waals surface area (Å²) in [5.74, 6) is 0.878. The molecule has 2 unspecified atom stereocenters. The minimum Gasteiger partial charge on any atom is -0.497 e. The molecule has 0 spiro atoms. The van der Waals surface area contributed by atoms with Gasteiger partial charge in [-0.05, 0) is 75.4 Å². The van der Waals surface area contributed by atoms with Crippen molar-refractivity contribution in [2.75, 3.05) is 14.2 Å². The zero-order valence-corrected chi connectivity index (χ0v) is 12.9. The van der Waals surface area contributed by atoms with E-state index in [1.54, 1.807) is 7.11 Å². The number of fused-ring (bicyclic) bond motifs is 2. The minimum absolute atomic E-state index is 0.527. The van der Waals surface area contributed by atoms with E-state index in [1.165, 1.54) is 12.8 Å². The first-order chi connectivity index (χ1) is 9.44. The van der Waals surface area contributed by atoms with Crippen LogP contribution in [0.4, 0.5) is 0 Å². The van der Waals surface area contributed by atoms with E-state index in [-0.39, 0.29) is 0 Å². The summed E-state index contributed by atoms with van der Waals surface area (Å²) in [4.78, 5) is 2.46. The molecule has 2 atom stereocenters. The van der Waals surface area contributed by atoms with Gasteiger partial charge in [0.25, 0.3) is 0 Å². The highest BCUT2D eigenvalue weighted by atomic mass is 16.5. The molecule has 2 fully saturated rings. The first-order valence-corrected chi connectivity index (χ1v) is 7.54. The summed E-state index contributed by atoms with van der Waals surface area (Å²) >= 11 is 0. The Morgan fingerprint density at radius 2 is 1.65 bits per heavy atom. The maximum Gasteiger partial charge on any atom is 0.119 e. The van der Waals surface area contributed by atoms with Crippen molar-refractivity contribution < 1.29 is 9.84 Å². The predicted molar refractivity (Wildman–Crippen MR) is 80.2 cm³/mol. The molecule has 1 aromatic rings. The van der Waals surface area contributed by atoms with Gasteiger partial charge in [0.1, 0.15) is 5.75 Å². The van der Waals surface area contributed by atoms with Crippen LogP contribution in [0, 0.1) is 13.8 Å². The molecule has 110 valence electrons. The topological polar surface area (TPSA) is 32.7 Å². The summed E-state index contributed by atoms with van der Waals surface area (Å²) in [5, 5.41) is 11.3. The molecular formula is C17H25NO2. The lowest BCUT2D eigenvalue weighted by Crippen LogP contribution is -2.48. The maximum atomic E-state index is 11.3. The molecular weight excluding hydrogens is 250 g/mol. The van der Waals surface area contributed by atoms with Gasteiger partial charge in [-0.1, -0.05) is 0 Å². The number of aryl methyl sites for hydroxylation is 2. The van der Waals surface area contributed by atoms with Crippen LogP contribution in [0.3, 0.4) is 0 Å². The first-order valence-electron chi connectivity index (χ1n) is 7.54. The van der Waals surface area contributed by atoms with Gasteiger partial charge >= 0.3 is 0 Å². The monoisotopic (exact) mass is 275 g/mol. The average molecular weight is 275 g/mol. The van der Waals surface area contributed by atoms with E-state index in [1.807, 2.05) is 12.1 Å². The molecule has 2 heterocycles. The number of nitrogens with zero attached hydrogens (tertiary/aromatic N) is 1. The van der Waals surface area contributed by atoms with Crippen molar-refractivity contribution >= 4 is 0 Å². The second kappa shape index (κ2) is 4.74. The number of methoxy groups -OCH3 is 1. The molecule has 0 saturated carbocycles. The fourth-order valence-electron chi connectivity index (χ4n) is 4.43. The zero-order valence-electron chi connectivity index (χ0n) is 12.9. The Labute approximate surface area is 121 Å². The molecule has 1 N–H and O–H groups in total. The molecule has 0 amide bonds. The lowest BCUT2D eigenvalue weighted by Gasteiger charge is -2.43. The Bertz CT molecular complexity index is 489. The van der Waals surface area contributed by atoms with E-state index < -0.39 is 5.60 Å². The number of piperidine rings is 1. The summed E-state index contributed by atoms with van der Waals surface area (Å²) in [6.45, 7) is 4.17. The van der Waals surface area contributed by atoms with Crippen LogP contribution in [0.25, 0.3) is 0 Å². The van der Waals surface area contributed by atoms with Gasteiger partial charge in [-0.3, -0.25) is 0 Å². The summed E-state index contributed by atoms with van der Waals surface area (Å²) < 4.78 is 5.33. The second-order valence-electron chi connectivity index (χ2n) is 6.63. The van der Waals surface area contributed by atoms with Gasteiger partial charge in [-0.15, -0.1) is 0 Å². The van der Waals surface area contributed by atoms with Crippen LogP contribution in [0.2, 0.25) is 0 Å². The standard InChI is InChI=1S/C17H25NO2/c1-11-7-15(20-4)8-12(2)16(11)17(19)9-13-5-6-14(10-17)18(13)3/h7-8,13-14,19H,5-6,9-10H2,1-4H3. The van der Waals surface area contributed by atoms with Crippen LogP contribution in [0.15, 0.2) is 12.1 Å². The van der Waals surface area contributed by atoms with Crippen molar-refractivity contribution in [1.82, 2.24) is 4.90 Å². The van der Waals surface area contributed by atoms with Gasteiger partial charge < -0.3 is 14.7 Å². The number of ether oxygens (including phenoxy) is 1. The SMILES string of the molecule is COc1cc(C)c(C2(O)CC3CCC(C2)N3C)c(C)c1. The van der Waals surface area contributed by atoms with Crippen molar-refractivity contribution in [3.8, 4) is 5.75 Å². The quantitative estimate of drug-likeness (QED) is 0.901. The van der Waals surface area contributed by atoms with Gasteiger partial charge in [0, 0.05) is 12.1 Å².